The first-order valence-corrected chi connectivity index (χ1v) is 13.3. The van der Waals surface area contributed by atoms with Crippen LogP contribution in [0.1, 0.15) is 20.9 Å². The maximum Gasteiger partial charge on any atom is 0.380 e. The van der Waals surface area contributed by atoms with E-state index in [-0.39, 0.29) is 21.9 Å². The lowest BCUT2D eigenvalue weighted by Crippen LogP contribution is -2.48. The Kier molecular flexibility index (Phi) is 5.47. The molecular formula is C23H12F6I2S2. The van der Waals surface area contributed by atoms with Crippen LogP contribution in [0.3, 0.4) is 0 Å². The van der Waals surface area contributed by atoms with E-state index >= 15 is 17.6 Å². The minimum absolute atomic E-state index is 0.229. The Morgan fingerprint density at radius 2 is 1.00 bits per heavy atom. The van der Waals surface area contributed by atoms with Gasteiger partial charge in [0.05, 0.1) is 0 Å². The lowest BCUT2D eigenvalue weighted by molar-refractivity contribution is -0.254. The molecule has 0 saturated heterocycles. The summed E-state index contributed by atoms with van der Waals surface area (Å²) in [7, 11) is 0. The summed E-state index contributed by atoms with van der Waals surface area (Å²) < 4.78 is 94.0. The normalized spacial score (nSPS) is 19.2. The Balaban J connectivity index is 1.98. The molecule has 2 aromatic carbocycles. The Morgan fingerprint density at radius 1 is 0.636 bits per heavy atom. The number of hydrogen-bond donors (Lipinski definition) is 0. The summed E-state index contributed by atoms with van der Waals surface area (Å²) in [5, 5.41) is 0.538. The second kappa shape index (κ2) is 7.57. The molecular weight excluding hydrogens is 708 g/mol. The molecule has 33 heavy (non-hydrogen) atoms. The first-order chi connectivity index (χ1) is 15.3. The first-order valence-electron chi connectivity index (χ1n) is 9.55. The summed E-state index contributed by atoms with van der Waals surface area (Å²) in [6.07, 6.45) is 0. The van der Waals surface area contributed by atoms with Crippen LogP contribution in [0.4, 0.5) is 26.3 Å². The van der Waals surface area contributed by atoms with E-state index in [1.165, 1.54) is 26.0 Å². The van der Waals surface area contributed by atoms with Crippen LogP contribution in [0, 0.1) is 21.0 Å². The van der Waals surface area contributed by atoms with Gasteiger partial charge >= 0.3 is 17.8 Å². The van der Waals surface area contributed by atoms with Gasteiger partial charge in [-0.2, -0.15) is 26.3 Å². The van der Waals surface area contributed by atoms with Crippen LogP contribution in [0.5, 0.6) is 0 Å². The van der Waals surface area contributed by atoms with E-state index in [0.29, 0.717) is 19.2 Å². The van der Waals surface area contributed by atoms with Gasteiger partial charge in [-0.05, 0) is 83.3 Å². The number of thiophene rings is 2. The van der Waals surface area contributed by atoms with Gasteiger partial charge in [0.25, 0.3) is 0 Å². The van der Waals surface area contributed by atoms with E-state index in [2.05, 4.69) is 45.2 Å². The molecule has 4 aromatic rings. The molecule has 2 aromatic heterocycles. The van der Waals surface area contributed by atoms with Gasteiger partial charge in [0.2, 0.25) is 0 Å². The highest BCUT2D eigenvalue weighted by Crippen LogP contribution is 2.67. The minimum atomic E-state index is -5.57. The molecule has 2 heterocycles. The largest absolute Gasteiger partial charge is 0.380 e. The minimum Gasteiger partial charge on any atom is -0.194 e. The maximum absolute atomic E-state index is 15.4. The number of fused-ring (bicyclic) bond motifs is 2. The van der Waals surface area contributed by atoms with Gasteiger partial charge in [0.15, 0.2) is 0 Å². The van der Waals surface area contributed by atoms with Crippen molar-refractivity contribution in [3.8, 4) is 0 Å². The number of hydrogen-bond acceptors (Lipinski definition) is 2. The molecule has 0 spiro atoms. The van der Waals surface area contributed by atoms with E-state index in [1.54, 1.807) is 24.3 Å². The Bertz CT molecular complexity index is 1390. The van der Waals surface area contributed by atoms with Gasteiger partial charge in [-0.15, -0.1) is 22.7 Å². The van der Waals surface area contributed by atoms with E-state index in [9.17, 15) is 8.78 Å². The van der Waals surface area contributed by atoms with Crippen LogP contribution < -0.4 is 0 Å². The molecule has 0 nitrogen and oxygen atoms in total. The molecule has 0 fully saturated rings. The summed E-state index contributed by atoms with van der Waals surface area (Å²) in [5.41, 5.74) is -3.01. The molecule has 0 unspecified atom stereocenters. The predicted molar refractivity (Wildman–Crippen MR) is 140 cm³/mol. The van der Waals surface area contributed by atoms with Crippen LogP contribution in [0.2, 0.25) is 0 Å². The highest BCUT2D eigenvalue weighted by atomic mass is 127. The van der Waals surface area contributed by atoms with E-state index < -0.39 is 28.9 Å². The lowest BCUT2D eigenvalue weighted by Gasteiger charge is -2.26. The number of benzene rings is 2. The highest BCUT2D eigenvalue weighted by molar-refractivity contribution is 14.1. The van der Waals surface area contributed by atoms with Gasteiger partial charge in [0, 0.05) is 59.3 Å². The SMILES string of the molecule is Cc1sc2cc(I)ccc2c1C1=C(c2c(C)sc3cc(I)ccc23)C(F)(F)C(F)(F)C1(F)F. The second-order valence-corrected chi connectivity index (χ2v) is 12.8. The van der Waals surface area contributed by atoms with Crippen molar-refractivity contribution >= 4 is 99.2 Å². The summed E-state index contributed by atoms with van der Waals surface area (Å²) in [4.78, 5) is 0.582. The molecule has 5 rings (SSSR count). The molecule has 0 saturated carbocycles. The quantitative estimate of drug-likeness (QED) is 0.143. The third-order valence-corrected chi connectivity index (χ3v) is 9.30. The Morgan fingerprint density at radius 3 is 1.36 bits per heavy atom. The van der Waals surface area contributed by atoms with Crippen molar-refractivity contribution in [1.82, 2.24) is 0 Å². The topological polar surface area (TPSA) is 0 Å². The second-order valence-electron chi connectivity index (χ2n) is 7.82. The van der Waals surface area contributed by atoms with Crippen molar-refractivity contribution in [2.45, 2.75) is 31.6 Å². The summed E-state index contributed by atoms with van der Waals surface area (Å²) in [6.45, 7) is 3.01. The fourth-order valence-corrected chi connectivity index (χ4v) is 8.02. The number of rotatable bonds is 2. The standard InChI is InChI=1S/C23H12F6I2S2/c1-9-17(13-5-3-11(30)7-15(13)32-9)19-20(22(26,27)23(28,29)21(19,24)25)18-10(2)33-16-8-12(31)4-6-14(16)18/h3-8H,1-2H3. The van der Waals surface area contributed by atoms with Crippen LogP contribution >= 0.6 is 67.9 Å². The molecule has 10 heteroatoms. The van der Waals surface area contributed by atoms with Gasteiger partial charge < -0.3 is 0 Å². The average molecular weight is 720 g/mol. The number of allylic oxidation sites excluding steroid dienone is 2. The van der Waals surface area contributed by atoms with Crippen LogP contribution in [0.15, 0.2) is 36.4 Å². The van der Waals surface area contributed by atoms with Crippen molar-refractivity contribution in [3.63, 3.8) is 0 Å². The van der Waals surface area contributed by atoms with Gasteiger partial charge in [0.1, 0.15) is 0 Å². The zero-order valence-electron chi connectivity index (χ0n) is 16.8. The molecule has 0 atom stereocenters. The fourth-order valence-electron chi connectivity index (χ4n) is 4.40. The number of alkyl halides is 6. The first kappa shape index (κ1) is 23.9. The molecule has 0 N–H and O–H groups in total. The van der Waals surface area contributed by atoms with Crippen molar-refractivity contribution < 1.29 is 26.3 Å². The van der Waals surface area contributed by atoms with Crippen LogP contribution in [-0.2, 0) is 0 Å². The van der Waals surface area contributed by atoms with E-state index in [1.807, 2.05) is 0 Å². The number of aryl methyl sites for hydroxylation is 2. The van der Waals surface area contributed by atoms with E-state index in [4.69, 9.17) is 0 Å². The monoisotopic (exact) mass is 720 g/mol. The molecule has 1 aliphatic carbocycles. The smallest absolute Gasteiger partial charge is 0.194 e. The van der Waals surface area contributed by atoms with Crippen LogP contribution in [0.25, 0.3) is 31.3 Å². The van der Waals surface area contributed by atoms with Crippen molar-refractivity contribution in [2.24, 2.45) is 0 Å². The van der Waals surface area contributed by atoms with Crippen molar-refractivity contribution in [3.05, 3.63) is 64.4 Å². The highest BCUT2D eigenvalue weighted by Gasteiger charge is 2.80. The summed E-state index contributed by atoms with van der Waals surface area (Å²) in [6, 6.07) is 9.82. The zero-order chi connectivity index (χ0) is 24.1. The summed E-state index contributed by atoms with van der Waals surface area (Å²) >= 11 is 6.36. The predicted octanol–water partition coefficient (Wildman–Crippen LogP) is 9.77. The molecule has 0 aliphatic heterocycles. The number of halogens is 8. The fraction of sp³-hybridized carbons (Fsp3) is 0.217. The maximum atomic E-state index is 15.4. The Labute approximate surface area is 220 Å². The van der Waals surface area contributed by atoms with Crippen molar-refractivity contribution in [1.29, 1.82) is 0 Å². The average Bonchev–Trinajstić information content (AvgIpc) is 3.22. The van der Waals surface area contributed by atoms with Gasteiger partial charge in [-0.3, -0.25) is 0 Å². The van der Waals surface area contributed by atoms with Gasteiger partial charge in [-0.25, -0.2) is 0 Å². The molecule has 172 valence electrons. The molecule has 0 amide bonds. The molecule has 0 radical (unpaired) electrons. The molecule has 1 aliphatic rings. The van der Waals surface area contributed by atoms with Crippen LogP contribution in [-0.4, -0.2) is 17.8 Å². The molecule has 0 bridgehead atoms. The Hall–Kier alpha value is -0.860. The van der Waals surface area contributed by atoms with Crippen molar-refractivity contribution in [2.75, 3.05) is 0 Å². The van der Waals surface area contributed by atoms with Gasteiger partial charge in [-0.1, -0.05) is 12.1 Å². The lowest BCUT2D eigenvalue weighted by atomic mass is 9.91. The zero-order valence-corrected chi connectivity index (χ0v) is 22.8. The summed E-state index contributed by atoms with van der Waals surface area (Å²) in [5.74, 6) is -15.7. The third-order valence-electron chi connectivity index (χ3n) is 5.82. The van der Waals surface area contributed by atoms with E-state index in [0.717, 1.165) is 29.8 Å². The third kappa shape index (κ3) is 3.18.